The summed E-state index contributed by atoms with van der Waals surface area (Å²) in [4.78, 5) is 11.4. The SMILES string of the molecule is O=C(CNc1cc(Cl)ccc1Cl)NC1CC1. The molecule has 0 heterocycles. The largest absolute Gasteiger partial charge is 0.375 e. The van der Waals surface area contributed by atoms with Gasteiger partial charge in [0.05, 0.1) is 17.3 Å². The van der Waals surface area contributed by atoms with E-state index < -0.39 is 0 Å². The van der Waals surface area contributed by atoms with Crippen LogP contribution < -0.4 is 10.6 Å². The molecule has 0 aromatic heterocycles. The fourth-order valence-corrected chi connectivity index (χ4v) is 1.67. The van der Waals surface area contributed by atoms with Gasteiger partial charge in [0.25, 0.3) is 0 Å². The van der Waals surface area contributed by atoms with Gasteiger partial charge in [-0.3, -0.25) is 4.79 Å². The monoisotopic (exact) mass is 258 g/mol. The average molecular weight is 259 g/mol. The molecule has 1 amide bonds. The molecule has 0 radical (unpaired) electrons. The van der Waals surface area contributed by atoms with Crippen LogP contribution in [-0.4, -0.2) is 18.5 Å². The molecule has 16 heavy (non-hydrogen) atoms. The van der Waals surface area contributed by atoms with Crippen LogP contribution in [0.25, 0.3) is 0 Å². The van der Waals surface area contributed by atoms with Gasteiger partial charge >= 0.3 is 0 Å². The van der Waals surface area contributed by atoms with Gasteiger partial charge in [0.1, 0.15) is 0 Å². The van der Waals surface area contributed by atoms with Crippen LogP contribution in [0, 0.1) is 0 Å². The van der Waals surface area contributed by atoms with Crippen molar-refractivity contribution in [3.05, 3.63) is 28.2 Å². The van der Waals surface area contributed by atoms with Crippen LogP contribution in [0.4, 0.5) is 5.69 Å². The van der Waals surface area contributed by atoms with Gasteiger partial charge in [-0.1, -0.05) is 23.2 Å². The summed E-state index contributed by atoms with van der Waals surface area (Å²) in [5.41, 5.74) is 0.681. The van der Waals surface area contributed by atoms with E-state index >= 15 is 0 Å². The van der Waals surface area contributed by atoms with Crippen LogP contribution in [0.3, 0.4) is 0 Å². The maximum absolute atomic E-state index is 11.4. The van der Waals surface area contributed by atoms with Crippen LogP contribution in [0.2, 0.25) is 10.0 Å². The molecule has 0 spiro atoms. The molecule has 0 unspecified atom stereocenters. The van der Waals surface area contributed by atoms with Crippen molar-refractivity contribution in [2.75, 3.05) is 11.9 Å². The average Bonchev–Trinajstić information content (AvgIpc) is 3.03. The first-order chi connectivity index (χ1) is 7.65. The summed E-state index contributed by atoms with van der Waals surface area (Å²) in [7, 11) is 0. The molecule has 0 atom stereocenters. The van der Waals surface area contributed by atoms with Crippen LogP contribution in [0.15, 0.2) is 18.2 Å². The standard InChI is InChI=1S/C11H12Cl2N2O/c12-7-1-4-9(13)10(5-7)14-6-11(16)15-8-2-3-8/h1,4-5,8,14H,2-3,6H2,(H,15,16). The first kappa shape index (κ1) is 11.6. The van der Waals surface area contributed by atoms with Crippen molar-refractivity contribution in [1.29, 1.82) is 0 Å². The first-order valence-electron chi connectivity index (χ1n) is 5.13. The molecule has 2 N–H and O–H groups in total. The Labute approximate surface area is 104 Å². The molecular weight excluding hydrogens is 247 g/mol. The Morgan fingerprint density at radius 1 is 1.38 bits per heavy atom. The van der Waals surface area contributed by atoms with E-state index in [9.17, 15) is 4.79 Å². The molecule has 2 rings (SSSR count). The van der Waals surface area contributed by atoms with Gasteiger partial charge in [0, 0.05) is 11.1 Å². The summed E-state index contributed by atoms with van der Waals surface area (Å²) in [5, 5.41) is 6.99. The number of carbonyl (C=O) groups is 1. The van der Waals surface area contributed by atoms with Crippen molar-refractivity contribution in [3.63, 3.8) is 0 Å². The van der Waals surface area contributed by atoms with Crippen molar-refractivity contribution >= 4 is 34.8 Å². The van der Waals surface area contributed by atoms with Crippen molar-refractivity contribution in [3.8, 4) is 0 Å². The summed E-state index contributed by atoms with van der Waals surface area (Å²) in [6.07, 6.45) is 2.17. The predicted octanol–water partition coefficient (Wildman–Crippen LogP) is 2.68. The van der Waals surface area contributed by atoms with E-state index in [4.69, 9.17) is 23.2 Å². The topological polar surface area (TPSA) is 41.1 Å². The van der Waals surface area contributed by atoms with E-state index in [1.54, 1.807) is 18.2 Å². The third-order valence-corrected chi connectivity index (χ3v) is 2.87. The van der Waals surface area contributed by atoms with Gasteiger partial charge in [-0.25, -0.2) is 0 Å². The molecule has 1 aromatic carbocycles. The number of carbonyl (C=O) groups excluding carboxylic acids is 1. The lowest BCUT2D eigenvalue weighted by Crippen LogP contribution is -2.31. The highest BCUT2D eigenvalue weighted by atomic mass is 35.5. The van der Waals surface area contributed by atoms with E-state index in [-0.39, 0.29) is 12.5 Å². The van der Waals surface area contributed by atoms with Crippen LogP contribution >= 0.6 is 23.2 Å². The lowest BCUT2D eigenvalue weighted by atomic mass is 10.3. The van der Waals surface area contributed by atoms with E-state index in [1.807, 2.05) is 0 Å². The van der Waals surface area contributed by atoms with Crippen LogP contribution in [0.1, 0.15) is 12.8 Å². The van der Waals surface area contributed by atoms with Crippen molar-refractivity contribution < 1.29 is 4.79 Å². The fraction of sp³-hybridized carbons (Fsp3) is 0.364. The molecule has 0 aliphatic heterocycles. The molecule has 1 fully saturated rings. The van der Waals surface area contributed by atoms with Gasteiger partial charge in [-0.2, -0.15) is 0 Å². The van der Waals surface area contributed by atoms with E-state index in [0.29, 0.717) is 21.8 Å². The predicted molar refractivity (Wildman–Crippen MR) is 66.1 cm³/mol. The second-order valence-electron chi connectivity index (χ2n) is 3.82. The third kappa shape index (κ3) is 3.29. The second kappa shape index (κ2) is 4.93. The van der Waals surface area contributed by atoms with Gasteiger partial charge < -0.3 is 10.6 Å². The third-order valence-electron chi connectivity index (χ3n) is 2.31. The zero-order chi connectivity index (χ0) is 11.5. The lowest BCUT2D eigenvalue weighted by Gasteiger charge is -2.08. The Morgan fingerprint density at radius 3 is 2.81 bits per heavy atom. The molecule has 1 saturated carbocycles. The highest BCUT2D eigenvalue weighted by Crippen LogP contribution is 2.25. The minimum atomic E-state index is -0.0152. The van der Waals surface area contributed by atoms with Gasteiger partial charge in [-0.15, -0.1) is 0 Å². The summed E-state index contributed by atoms with van der Waals surface area (Å²) in [6, 6.07) is 5.49. The van der Waals surface area contributed by atoms with Crippen molar-refractivity contribution in [2.45, 2.75) is 18.9 Å². The van der Waals surface area contributed by atoms with Crippen molar-refractivity contribution in [1.82, 2.24) is 5.32 Å². The zero-order valence-corrected chi connectivity index (χ0v) is 10.1. The summed E-state index contributed by atoms with van der Waals surface area (Å²) in [5.74, 6) is -0.0152. The second-order valence-corrected chi connectivity index (χ2v) is 4.66. The van der Waals surface area contributed by atoms with E-state index in [1.165, 1.54) is 0 Å². The Balaban J connectivity index is 1.87. The minimum absolute atomic E-state index is 0.0152. The number of amides is 1. The Morgan fingerprint density at radius 2 is 2.12 bits per heavy atom. The Bertz CT molecular complexity index is 405. The maximum Gasteiger partial charge on any atom is 0.239 e. The maximum atomic E-state index is 11.4. The number of nitrogens with one attached hydrogen (secondary N) is 2. The highest BCUT2D eigenvalue weighted by molar-refractivity contribution is 6.35. The van der Waals surface area contributed by atoms with Gasteiger partial charge in [0.2, 0.25) is 5.91 Å². The quantitative estimate of drug-likeness (QED) is 0.872. The van der Waals surface area contributed by atoms with Crippen LogP contribution in [0.5, 0.6) is 0 Å². The van der Waals surface area contributed by atoms with Gasteiger partial charge in [-0.05, 0) is 31.0 Å². The normalized spacial score (nSPS) is 14.6. The van der Waals surface area contributed by atoms with E-state index in [2.05, 4.69) is 10.6 Å². The fourth-order valence-electron chi connectivity index (χ4n) is 1.31. The molecule has 1 aromatic rings. The zero-order valence-electron chi connectivity index (χ0n) is 8.59. The first-order valence-corrected chi connectivity index (χ1v) is 5.89. The smallest absolute Gasteiger partial charge is 0.239 e. The number of rotatable bonds is 4. The van der Waals surface area contributed by atoms with Gasteiger partial charge in [0.15, 0.2) is 0 Å². The molecular formula is C11H12Cl2N2O. The lowest BCUT2D eigenvalue weighted by molar-refractivity contribution is -0.119. The van der Waals surface area contributed by atoms with E-state index in [0.717, 1.165) is 12.8 Å². The minimum Gasteiger partial charge on any atom is -0.375 e. The summed E-state index contributed by atoms with van der Waals surface area (Å²) in [6.45, 7) is 0.219. The number of halogens is 2. The number of hydrogen-bond donors (Lipinski definition) is 2. The Hall–Kier alpha value is -0.930. The van der Waals surface area contributed by atoms with Crippen molar-refractivity contribution in [2.24, 2.45) is 0 Å². The Kier molecular flexibility index (Phi) is 3.56. The molecule has 3 nitrogen and oxygen atoms in total. The number of anilines is 1. The highest BCUT2D eigenvalue weighted by Gasteiger charge is 2.22. The molecule has 1 aliphatic rings. The molecule has 86 valence electrons. The molecule has 1 aliphatic carbocycles. The summed E-state index contributed by atoms with van der Waals surface area (Å²) < 4.78 is 0. The number of hydrogen-bond acceptors (Lipinski definition) is 2. The molecule has 0 bridgehead atoms. The summed E-state index contributed by atoms with van der Waals surface area (Å²) >= 11 is 11.8. The molecule has 0 saturated heterocycles. The number of benzene rings is 1. The van der Waals surface area contributed by atoms with Crippen LogP contribution in [-0.2, 0) is 4.79 Å². The molecule has 5 heteroatoms.